The average Bonchev–Trinajstić information content (AvgIpc) is 2.98. The summed E-state index contributed by atoms with van der Waals surface area (Å²) in [6.45, 7) is 1.86. The van der Waals surface area contributed by atoms with Crippen LogP contribution in [-0.2, 0) is 6.54 Å². The highest BCUT2D eigenvalue weighted by atomic mass is 16.3. The Morgan fingerprint density at radius 2 is 2.00 bits per heavy atom. The number of piperidine rings is 1. The minimum Gasteiger partial charge on any atom is -0.392 e. The molecule has 80 valence electrons. The van der Waals surface area contributed by atoms with Crippen molar-refractivity contribution < 1.29 is 5.11 Å². The lowest BCUT2D eigenvalue weighted by molar-refractivity contribution is 0.0621. The predicted molar refractivity (Wildman–Crippen MR) is 59.4 cm³/mol. The van der Waals surface area contributed by atoms with Crippen molar-refractivity contribution in [2.24, 2.45) is 5.92 Å². The molecule has 1 saturated heterocycles. The molecule has 2 fully saturated rings. The topological polar surface area (TPSA) is 23.5 Å². The van der Waals surface area contributed by atoms with E-state index in [9.17, 15) is 5.11 Å². The Morgan fingerprint density at radius 3 is 2.80 bits per heavy atom. The van der Waals surface area contributed by atoms with E-state index in [-0.39, 0.29) is 6.10 Å². The zero-order chi connectivity index (χ0) is 10.3. The van der Waals surface area contributed by atoms with E-state index in [4.69, 9.17) is 0 Å². The van der Waals surface area contributed by atoms with E-state index in [2.05, 4.69) is 35.2 Å². The summed E-state index contributed by atoms with van der Waals surface area (Å²) in [7, 11) is 0. The van der Waals surface area contributed by atoms with Crippen molar-refractivity contribution in [3.63, 3.8) is 0 Å². The van der Waals surface area contributed by atoms with Gasteiger partial charge in [0, 0.05) is 19.1 Å². The highest BCUT2D eigenvalue weighted by Crippen LogP contribution is 2.43. The summed E-state index contributed by atoms with van der Waals surface area (Å²) in [6.07, 6.45) is 2.22. The van der Waals surface area contributed by atoms with Crippen LogP contribution >= 0.6 is 0 Å². The monoisotopic (exact) mass is 203 g/mol. The maximum Gasteiger partial charge on any atom is 0.0670 e. The van der Waals surface area contributed by atoms with Crippen molar-refractivity contribution >= 4 is 0 Å². The second-order valence-corrected chi connectivity index (χ2v) is 4.87. The molecule has 1 aromatic rings. The summed E-state index contributed by atoms with van der Waals surface area (Å²) in [6, 6.07) is 11.3. The Hall–Kier alpha value is -0.860. The van der Waals surface area contributed by atoms with Crippen LogP contribution in [0.3, 0.4) is 0 Å². The number of hydrogen-bond donors (Lipinski definition) is 1. The van der Waals surface area contributed by atoms with Gasteiger partial charge in [-0.3, -0.25) is 4.90 Å². The van der Waals surface area contributed by atoms with E-state index in [1.165, 1.54) is 12.0 Å². The maximum absolute atomic E-state index is 9.71. The third kappa shape index (κ3) is 1.92. The van der Waals surface area contributed by atoms with Crippen molar-refractivity contribution in [3.8, 4) is 0 Å². The first-order valence-electron chi connectivity index (χ1n) is 5.79. The van der Waals surface area contributed by atoms with Crippen LogP contribution < -0.4 is 0 Å². The lowest BCUT2D eigenvalue weighted by Gasteiger charge is -2.29. The molecular weight excluding hydrogens is 186 g/mol. The number of fused-ring (bicyclic) bond motifs is 1. The van der Waals surface area contributed by atoms with Gasteiger partial charge in [-0.05, 0) is 24.3 Å². The second-order valence-electron chi connectivity index (χ2n) is 4.87. The highest BCUT2D eigenvalue weighted by molar-refractivity contribution is 5.15. The molecule has 2 heteroatoms. The van der Waals surface area contributed by atoms with E-state index in [1.807, 2.05) is 0 Å². The van der Waals surface area contributed by atoms with Gasteiger partial charge in [-0.15, -0.1) is 0 Å². The van der Waals surface area contributed by atoms with Gasteiger partial charge in [0.05, 0.1) is 6.10 Å². The van der Waals surface area contributed by atoms with Crippen molar-refractivity contribution in [1.82, 2.24) is 4.90 Å². The number of benzene rings is 1. The van der Waals surface area contributed by atoms with Crippen LogP contribution in [0.1, 0.15) is 18.4 Å². The third-order valence-electron chi connectivity index (χ3n) is 3.60. The van der Waals surface area contributed by atoms with Crippen molar-refractivity contribution in [3.05, 3.63) is 35.9 Å². The molecule has 3 atom stereocenters. The molecule has 2 nitrogen and oxygen atoms in total. The van der Waals surface area contributed by atoms with Gasteiger partial charge in [0.25, 0.3) is 0 Å². The summed E-state index contributed by atoms with van der Waals surface area (Å²) in [5.74, 6) is 0.775. The average molecular weight is 203 g/mol. The van der Waals surface area contributed by atoms with E-state index >= 15 is 0 Å². The fraction of sp³-hybridized carbons (Fsp3) is 0.538. The minimum absolute atomic E-state index is 0.0996. The van der Waals surface area contributed by atoms with E-state index in [0.29, 0.717) is 0 Å². The van der Waals surface area contributed by atoms with Gasteiger partial charge >= 0.3 is 0 Å². The van der Waals surface area contributed by atoms with Gasteiger partial charge in [0.2, 0.25) is 0 Å². The zero-order valence-corrected chi connectivity index (χ0v) is 8.84. The molecule has 1 aliphatic heterocycles. The van der Waals surface area contributed by atoms with Crippen LogP contribution in [0.2, 0.25) is 0 Å². The number of aliphatic hydroxyl groups is 1. The van der Waals surface area contributed by atoms with Crippen LogP contribution in [0.25, 0.3) is 0 Å². The molecule has 1 N–H and O–H groups in total. The van der Waals surface area contributed by atoms with Gasteiger partial charge < -0.3 is 5.11 Å². The highest BCUT2D eigenvalue weighted by Gasteiger charge is 2.46. The molecule has 0 aromatic heterocycles. The van der Waals surface area contributed by atoms with Crippen molar-refractivity contribution in [2.45, 2.75) is 31.5 Å². The summed E-state index contributed by atoms with van der Waals surface area (Å²) < 4.78 is 0. The first-order chi connectivity index (χ1) is 7.33. The molecule has 0 radical (unpaired) electrons. The number of likely N-dealkylation sites (tertiary alicyclic amines) is 1. The summed E-state index contributed by atoms with van der Waals surface area (Å²) in [5.41, 5.74) is 1.36. The van der Waals surface area contributed by atoms with E-state index in [1.54, 1.807) is 0 Å². The Labute approximate surface area is 90.5 Å². The van der Waals surface area contributed by atoms with Gasteiger partial charge in [-0.25, -0.2) is 0 Å². The Balaban J connectivity index is 1.68. The van der Waals surface area contributed by atoms with Gasteiger partial charge in [0.15, 0.2) is 0 Å². The first kappa shape index (κ1) is 9.37. The van der Waals surface area contributed by atoms with Gasteiger partial charge in [-0.1, -0.05) is 30.3 Å². The zero-order valence-electron chi connectivity index (χ0n) is 8.84. The van der Waals surface area contributed by atoms with Crippen molar-refractivity contribution in [1.29, 1.82) is 0 Å². The number of aliphatic hydroxyl groups excluding tert-OH is 1. The molecular formula is C13H17NO. The SMILES string of the molecule is OC1CC2CC2N(Cc2ccccc2)C1. The van der Waals surface area contributed by atoms with Crippen LogP contribution in [0.15, 0.2) is 30.3 Å². The fourth-order valence-electron chi connectivity index (χ4n) is 2.76. The molecule has 1 heterocycles. The minimum atomic E-state index is -0.0996. The fourth-order valence-corrected chi connectivity index (χ4v) is 2.76. The Bertz CT molecular complexity index is 338. The normalized spacial score (nSPS) is 34.9. The molecule has 0 bridgehead atoms. The Kier molecular flexibility index (Phi) is 2.26. The lowest BCUT2D eigenvalue weighted by atomic mass is 10.1. The summed E-state index contributed by atoms with van der Waals surface area (Å²) in [4.78, 5) is 2.44. The smallest absolute Gasteiger partial charge is 0.0670 e. The molecule has 1 aliphatic carbocycles. The molecule has 0 spiro atoms. The third-order valence-corrected chi connectivity index (χ3v) is 3.60. The number of β-amino-alcohol motifs (C(OH)–C–C–N with tert-alkyl or cyclic N) is 1. The van der Waals surface area contributed by atoms with Gasteiger partial charge in [0.1, 0.15) is 0 Å². The van der Waals surface area contributed by atoms with E-state index < -0.39 is 0 Å². The molecule has 0 amide bonds. The summed E-state index contributed by atoms with van der Waals surface area (Å²) in [5, 5.41) is 9.71. The molecule has 3 unspecified atom stereocenters. The number of hydrogen-bond acceptors (Lipinski definition) is 2. The standard InChI is InChI=1S/C13H17NO/c15-12-6-11-7-13(11)14(9-12)8-10-4-2-1-3-5-10/h1-5,11-13,15H,6-9H2. The predicted octanol–water partition coefficient (Wildman–Crippen LogP) is 1.64. The van der Waals surface area contributed by atoms with Crippen LogP contribution in [0.5, 0.6) is 0 Å². The number of rotatable bonds is 2. The molecule has 1 aromatic carbocycles. The van der Waals surface area contributed by atoms with Gasteiger partial charge in [-0.2, -0.15) is 0 Å². The molecule has 15 heavy (non-hydrogen) atoms. The van der Waals surface area contributed by atoms with Crippen molar-refractivity contribution in [2.75, 3.05) is 6.54 Å². The first-order valence-corrected chi connectivity index (χ1v) is 5.79. The van der Waals surface area contributed by atoms with Crippen LogP contribution in [0.4, 0.5) is 0 Å². The lowest BCUT2D eigenvalue weighted by Crippen LogP contribution is -2.39. The molecule has 1 saturated carbocycles. The number of nitrogens with zero attached hydrogens (tertiary/aromatic N) is 1. The van der Waals surface area contributed by atoms with Crippen LogP contribution in [0, 0.1) is 5.92 Å². The molecule has 2 aliphatic rings. The quantitative estimate of drug-likeness (QED) is 0.790. The van der Waals surface area contributed by atoms with Crippen LogP contribution in [-0.4, -0.2) is 28.7 Å². The second kappa shape index (κ2) is 3.62. The largest absolute Gasteiger partial charge is 0.392 e. The summed E-state index contributed by atoms with van der Waals surface area (Å²) >= 11 is 0. The molecule has 3 rings (SSSR count). The van der Waals surface area contributed by atoms with E-state index in [0.717, 1.165) is 31.5 Å². The Morgan fingerprint density at radius 1 is 1.20 bits per heavy atom. The maximum atomic E-state index is 9.71.